The molecule has 7 nitrogen and oxygen atoms in total. The first-order valence-corrected chi connectivity index (χ1v) is 9.94. The third-order valence-corrected chi connectivity index (χ3v) is 4.52. The smallest absolute Gasteiger partial charge is 0.306 e. The maximum absolute atomic E-state index is 13.0. The third-order valence-electron chi connectivity index (χ3n) is 4.52. The molecule has 2 amide bonds. The number of carbonyl (C=O) groups excluding carboxylic acids is 3. The van der Waals surface area contributed by atoms with Crippen molar-refractivity contribution in [2.75, 3.05) is 30.9 Å². The largest absolute Gasteiger partial charge is 0.466 e. The van der Waals surface area contributed by atoms with Crippen LogP contribution in [-0.2, 0) is 14.3 Å². The average molecular weight is 412 g/mol. The van der Waals surface area contributed by atoms with E-state index in [2.05, 4.69) is 10.6 Å². The molecule has 0 bridgehead atoms. The number of hydrogen-bond donors (Lipinski definition) is 2. The predicted molar refractivity (Wildman–Crippen MR) is 118 cm³/mol. The Bertz CT molecular complexity index is 881. The van der Waals surface area contributed by atoms with Gasteiger partial charge < -0.3 is 20.3 Å². The number of hydrogen-bond acceptors (Lipinski definition) is 5. The summed E-state index contributed by atoms with van der Waals surface area (Å²) in [5, 5.41) is 5.74. The predicted octanol–water partition coefficient (Wildman–Crippen LogP) is 3.53. The van der Waals surface area contributed by atoms with Crippen LogP contribution in [-0.4, -0.2) is 38.5 Å². The van der Waals surface area contributed by atoms with Crippen molar-refractivity contribution >= 4 is 29.2 Å². The minimum atomic E-state index is -0.412. The highest BCUT2D eigenvalue weighted by Gasteiger charge is 2.17. The van der Waals surface area contributed by atoms with Gasteiger partial charge in [0.1, 0.15) is 0 Å². The lowest BCUT2D eigenvalue weighted by Crippen LogP contribution is -2.28. The fourth-order valence-corrected chi connectivity index (χ4v) is 2.96. The molecule has 30 heavy (non-hydrogen) atoms. The van der Waals surface area contributed by atoms with E-state index in [1.165, 1.54) is 0 Å². The molecule has 0 saturated carbocycles. The molecule has 0 heterocycles. The van der Waals surface area contributed by atoms with Crippen molar-refractivity contribution in [1.29, 1.82) is 0 Å². The van der Waals surface area contributed by atoms with Crippen LogP contribution in [0.4, 0.5) is 11.4 Å². The van der Waals surface area contributed by atoms with Crippen molar-refractivity contribution in [1.82, 2.24) is 5.32 Å². The second-order valence-electron chi connectivity index (χ2n) is 7.09. The zero-order valence-electron chi connectivity index (χ0n) is 17.9. The molecule has 2 N–H and O–H groups in total. The molecular formula is C23H29N3O4. The number of rotatable bonds is 9. The van der Waals surface area contributed by atoms with Crippen molar-refractivity contribution in [2.24, 2.45) is 0 Å². The lowest BCUT2D eigenvalue weighted by molar-refractivity contribution is -0.144. The quantitative estimate of drug-likeness (QED) is 0.617. The number of carbonyl (C=O) groups is 3. The van der Waals surface area contributed by atoms with E-state index in [0.717, 1.165) is 11.3 Å². The van der Waals surface area contributed by atoms with Gasteiger partial charge in [0.25, 0.3) is 5.91 Å². The van der Waals surface area contributed by atoms with Gasteiger partial charge in [-0.15, -0.1) is 0 Å². The molecule has 0 aliphatic carbocycles. The standard InChI is InChI=1S/C23H29N3O4/c1-5-30-22(28)14-13-21(27)25-18-11-12-20(26(3)4)19(15-18)23(29)24-16(2)17-9-7-6-8-10-17/h6-12,15-16H,5,13-14H2,1-4H3,(H,24,29)(H,25,27)/t16-/m1/s1. The zero-order chi connectivity index (χ0) is 22.1. The summed E-state index contributed by atoms with van der Waals surface area (Å²) in [6.07, 6.45) is 0.0260. The molecule has 0 aromatic heterocycles. The topological polar surface area (TPSA) is 87.7 Å². The van der Waals surface area contributed by atoms with Gasteiger partial charge in [-0.1, -0.05) is 30.3 Å². The number of esters is 1. The van der Waals surface area contributed by atoms with Gasteiger partial charge in [0.15, 0.2) is 0 Å². The number of nitrogens with one attached hydrogen (secondary N) is 2. The summed E-state index contributed by atoms with van der Waals surface area (Å²) in [6, 6.07) is 14.7. The summed E-state index contributed by atoms with van der Waals surface area (Å²) in [5.41, 5.74) is 2.68. The summed E-state index contributed by atoms with van der Waals surface area (Å²) in [7, 11) is 3.70. The first-order valence-electron chi connectivity index (χ1n) is 9.94. The van der Waals surface area contributed by atoms with Crippen LogP contribution < -0.4 is 15.5 Å². The van der Waals surface area contributed by atoms with E-state index in [9.17, 15) is 14.4 Å². The van der Waals surface area contributed by atoms with E-state index >= 15 is 0 Å². The van der Waals surface area contributed by atoms with E-state index in [0.29, 0.717) is 11.3 Å². The molecule has 0 fully saturated rings. The van der Waals surface area contributed by atoms with Gasteiger partial charge in [-0.05, 0) is 37.6 Å². The van der Waals surface area contributed by atoms with Crippen LogP contribution in [0, 0.1) is 0 Å². The number of ether oxygens (including phenoxy) is 1. The summed E-state index contributed by atoms with van der Waals surface area (Å²) in [6.45, 7) is 3.92. The van der Waals surface area contributed by atoms with Crippen LogP contribution >= 0.6 is 0 Å². The second kappa shape index (κ2) is 11.0. The van der Waals surface area contributed by atoms with E-state index in [4.69, 9.17) is 4.74 Å². The van der Waals surface area contributed by atoms with Crippen molar-refractivity contribution in [3.8, 4) is 0 Å². The fourth-order valence-electron chi connectivity index (χ4n) is 2.96. The highest BCUT2D eigenvalue weighted by atomic mass is 16.5. The van der Waals surface area contributed by atoms with E-state index in [1.54, 1.807) is 25.1 Å². The summed E-state index contributed by atoms with van der Waals surface area (Å²) in [5.74, 6) is -0.965. The van der Waals surface area contributed by atoms with Gasteiger partial charge in [-0.25, -0.2) is 0 Å². The molecule has 7 heteroatoms. The molecule has 0 aliphatic heterocycles. The van der Waals surface area contributed by atoms with Crippen molar-refractivity contribution in [3.63, 3.8) is 0 Å². The minimum Gasteiger partial charge on any atom is -0.466 e. The van der Waals surface area contributed by atoms with Crippen molar-refractivity contribution < 1.29 is 19.1 Å². The third kappa shape index (κ3) is 6.62. The summed E-state index contributed by atoms with van der Waals surface area (Å²) < 4.78 is 4.83. The molecule has 0 spiro atoms. The van der Waals surface area contributed by atoms with Crippen molar-refractivity contribution in [2.45, 2.75) is 32.7 Å². The first-order chi connectivity index (χ1) is 14.3. The van der Waals surface area contributed by atoms with Crippen molar-refractivity contribution in [3.05, 3.63) is 59.7 Å². The molecule has 0 radical (unpaired) electrons. The monoisotopic (exact) mass is 411 g/mol. The van der Waals surface area contributed by atoms with Crippen LogP contribution in [0.15, 0.2) is 48.5 Å². The van der Waals surface area contributed by atoms with Crippen LogP contribution in [0.1, 0.15) is 48.7 Å². The Kier molecular flexibility index (Phi) is 8.41. The van der Waals surface area contributed by atoms with Gasteiger partial charge in [0.2, 0.25) is 5.91 Å². The summed E-state index contributed by atoms with van der Waals surface area (Å²) >= 11 is 0. The maximum Gasteiger partial charge on any atom is 0.306 e. The molecule has 2 rings (SSSR count). The molecule has 0 saturated heterocycles. The van der Waals surface area contributed by atoms with Gasteiger partial charge in [0.05, 0.1) is 24.6 Å². The first kappa shape index (κ1) is 22.9. The van der Waals surface area contributed by atoms with Crippen LogP contribution in [0.5, 0.6) is 0 Å². The van der Waals surface area contributed by atoms with Gasteiger partial charge >= 0.3 is 5.97 Å². The number of anilines is 2. The SMILES string of the molecule is CCOC(=O)CCC(=O)Nc1ccc(N(C)C)c(C(=O)N[C@H](C)c2ccccc2)c1. The Hall–Kier alpha value is -3.35. The Balaban J connectivity index is 2.12. The van der Waals surface area contributed by atoms with Gasteiger partial charge in [-0.3, -0.25) is 14.4 Å². The Labute approximate surface area is 177 Å². The molecule has 1 atom stereocenters. The Morgan fingerprint density at radius 1 is 1.03 bits per heavy atom. The lowest BCUT2D eigenvalue weighted by Gasteiger charge is -2.20. The highest BCUT2D eigenvalue weighted by molar-refractivity contribution is 6.02. The fraction of sp³-hybridized carbons (Fsp3) is 0.348. The molecule has 160 valence electrons. The van der Waals surface area contributed by atoms with E-state index < -0.39 is 5.97 Å². The molecule has 2 aromatic carbocycles. The molecule has 0 aliphatic rings. The highest BCUT2D eigenvalue weighted by Crippen LogP contribution is 2.24. The average Bonchev–Trinajstić information content (AvgIpc) is 2.72. The lowest BCUT2D eigenvalue weighted by atomic mass is 10.1. The number of benzene rings is 2. The molecular weight excluding hydrogens is 382 g/mol. The van der Waals surface area contributed by atoms with Crippen LogP contribution in [0.3, 0.4) is 0 Å². The van der Waals surface area contributed by atoms with Crippen LogP contribution in [0.25, 0.3) is 0 Å². The second-order valence-corrected chi connectivity index (χ2v) is 7.09. The minimum absolute atomic E-state index is 0.0113. The Morgan fingerprint density at radius 2 is 1.73 bits per heavy atom. The summed E-state index contributed by atoms with van der Waals surface area (Å²) in [4.78, 5) is 38.4. The molecule has 0 unspecified atom stereocenters. The normalized spacial score (nSPS) is 11.3. The number of nitrogens with zero attached hydrogens (tertiary/aromatic N) is 1. The van der Waals surface area contributed by atoms with Gasteiger partial charge in [0, 0.05) is 31.9 Å². The molecule has 2 aromatic rings. The number of amides is 2. The van der Waals surface area contributed by atoms with Crippen LogP contribution in [0.2, 0.25) is 0 Å². The zero-order valence-corrected chi connectivity index (χ0v) is 17.9. The van der Waals surface area contributed by atoms with E-state index in [1.807, 2.05) is 56.3 Å². The Morgan fingerprint density at radius 3 is 2.37 bits per heavy atom. The van der Waals surface area contributed by atoms with E-state index in [-0.39, 0.29) is 37.3 Å². The van der Waals surface area contributed by atoms with Gasteiger partial charge in [-0.2, -0.15) is 0 Å². The maximum atomic E-state index is 13.0.